The van der Waals surface area contributed by atoms with E-state index in [0.717, 1.165) is 30.0 Å². The summed E-state index contributed by atoms with van der Waals surface area (Å²) in [6.45, 7) is 10.5. The van der Waals surface area contributed by atoms with Crippen molar-refractivity contribution in [2.24, 2.45) is 0 Å². The lowest BCUT2D eigenvalue weighted by Gasteiger charge is -2.44. The van der Waals surface area contributed by atoms with E-state index in [1.165, 1.54) is 17.7 Å². The van der Waals surface area contributed by atoms with E-state index in [0.29, 0.717) is 6.54 Å². The van der Waals surface area contributed by atoms with Crippen LogP contribution in [0.1, 0.15) is 30.5 Å². The first-order chi connectivity index (χ1) is 13.3. The maximum Gasteiger partial charge on any atom is 0.260 e. The molecule has 2 aromatic rings. The summed E-state index contributed by atoms with van der Waals surface area (Å²) in [6.07, 6.45) is 0. The third-order valence-corrected chi connectivity index (χ3v) is 5.58. The Labute approximate surface area is 166 Å². The number of halogens is 1. The fourth-order valence-corrected chi connectivity index (χ4v) is 3.62. The predicted octanol–water partition coefficient (Wildman–Crippen LogP) is 3.94. The summed E-state index contributed by atoms with van der Waals surface area (Å²) < 4.78 is 18.8. The van der Waals surface area contributed by atoms with Gasteiger partial charge in [0, 0.05) is 31.7 Å². The number of piperazine rings is 1. The van der Waals surface area contributed by atoms with E-state index in [1.54, 1.807) is 0 Å². The van der Waals surface area contributed by atoms with Crippen LogP contribution in [0.15, 0.2) is 42.5 Å². The van der Waals surface area contributed by atoms with Gasteiger partial charge in [0.1, 0.15) is 11.6 Å². The standard InChI is InChI=1S/C23H29FN2O2/c1-16-5-10-22(11-17(16)2)28-15-23(27)26-13-18(3)25(12-19(26)4)14-20-6-8-21(24)9-7-20/h5-11,18-19H,12-15H2,1-4H3/t18-,19+/m1/s1. The van der Waals surface area contributed by atoms with Crippen LogP contribution in [0.5, 0.6) is 5.75 Å². The normalized spacial score (nSPS) is 20.2. The van der Waals surface area contributed by atoms with Crippen molar-refractivity contribution >= 4 is 5.91 Å². The van der Waals surface area contributed by atoms with Gasteiger partial charge in [0.15, 0.2) is 6.61 Å². The number of aryl methyl sites for hydroxylation is 2. The largest absolute Gasteiger partial charge is 0.484 e. The van der Waals surface area contributed by atoms with Crippen molar-refractivity contribution in [1.29, 1.82) is 0 Å². The van der Waals surface area contributed by atoms with Gasteiger partial charge in [-0.15, -0.1) is 0 Å². The zero-order chi connectivity index (χ0) is 20.3. The first-order valence-electron chi connectivity index (χ1n) is 9.81. The first-order valence-corrected chi connectivity index (χ1v) is 9.81. The molecule has 0 saturated carbocycles. The van der Waals surface area contributed by atoms with Crippen LogP contribution in [0.25, 0.3) is 0 Å². The van der Waals surface area contributed by atoms with E-state index >= 15 is 0 Å². The SMILES string of the molecule is Cc1ccc(OCC(=O)N2C[C@@H](C)N(Cc3ccc(F)cc3)C[C@@H]2C)cc1C. The fraction of sp³-hybridized carbons (Fsp3) is 0.435. The Hall–Kier alpha value is -2.40. The Morgan fingerprint density at radius 3 is 2.43 bits per heavy atom. The van der Waals surface area contributed by atoms with Crippen molar-refractivity contribution in [1.82, 2.24) is 9.80 Å². The number of carbonyl (C=O) groups is 1. The molecular formula is C23H29FN2O2. The number of hydrogen-bond donors (Lipinski definition) is 0. The lowest BCUT2D eigenvalue weighted by molar-refractivity contribution is -0.139. The molecule has 2 atom stereocenters. The van der Waals surface area contributed by atoms with E-state index in [-0.39, 0.29) is 30.4 Å². The van der Waals surface area contributed by atoms with Crippen LogP contribution >= 0.6 is 0 Å². The molecule has 1 heterocycles. The second-order valence-electron chi connectivity index (χ2n) is 7.83. The smallest absolute Gasteiger partial charge is 0.260 e. The van der Waals surface area contributed by atoms with E-state index in [2.05, 4.69) is 25.7 Å². The Bertz CT molecular complexity index is 822. The topological polar surface area (TPSA) is 32.8 Å². The van der Waals surface area contributed by atoms with Crippen LogP contribution in [0.4, 0.5) is 4.39 Å². The van der Waals surface area contributed by atoms with Crippen LogP contribution in [0, 0.1) is 19.7 Å². The molecule has 0 N–H and O–H groups in total. The molecule has 3 rings (SSSR count). The minimum Gasteiger partial charge on any atom is -0.484 e. The minimum atomic E-state index is -0.218. The summed E-state index contributed by atoms with van der Waals surface area (Å²) in [5, 5.41) is 0. The van der Waals surface area contributed by atoms with Gasteiger partial charge in [-0.25, -0.2) is 4.39 Å². The molecule has 0 radical (unpaired) electrons. The molecule has 1 amide bonds. The maximum absolute atomic E-state index is 13.1. The molecule has 1 aliphatic rings. The molecule has 0 aliphatic carbocycles. The van der Waals surface area contributed by atoms with Crippen molar-refractivity contribution in [3.8, 4) is 5.75 Å². The average Bonchev–Trinajstić information content (AvgIpc) is 2.67. The second-order valence-corrected chi connectivity index (χ2v) is 7.83. The van der Waals surface area contributed by atoms with E-state index < -0.39 is 0 Å². The zero-order valence-corrected chi connectivity index (χ0v) is 17.1. The molecule has 28 heavy (non-hydrogen) atoms. The summed E-state index contributed by atoms with van der Waals surface area (Å²) in [5.74, 6) is 0.524. The van der Waals surface area contributed by atoms with Gasteiger partial charge >= 0.3 is 0 Å². The second kappa shape index (κ2) is 8.74. The Balaban J connectivity index is 1.56. The van der Waals surface area contributed by atoms with E-state index in [4.69, 9.17) is 4.74 Å². The molecule has 1 saturated heterocycles. The zero-order valence-electron chi connectivity index (χ0n) is 17.1. The third kappa shape index (κ3) is 4.90. The molecule has 0 unspecified atom stereocenters. The fourth-order valence-electron chi connectivity index (χ4n) is 3.62. The van der Waals surface area contributed by atoms with Gasteiger partial charge in [0.2, 0.25) is 0 Å². The monoisotopic (exact) mass is 384 g/mol. The predicted molar refractivity (Wildman–Crippen MR) is 109 cm³/mol. The van der Waals surface area contributed by atoms with Crippen LogP contribution in [-0.2, 0) is 11.3 Å². The summed E-state index contributed by atoms with van der Waals surface area (Å²) >= 11 is 0. The van der Waals surface area contributed by atoms with Crippen molar-refractivity contribution < 1.29 is 13.9 Å². The molecule has 150 valence electrons. The third-order valence-electron chi connectivity index (χ3n) is 5.58. The highest BCUT2D eigenvalue weighted by Gasteiger charge is 2.32. The van der Waals surface area contributed by atoms with Crippen LogP contribution < -0.4 is 4.74 Å². The first kappa shape index (κ1) is 20.3. The summed E-state index contributed by atoms with van der Waals surface area (Å²) in [6, 6.07) is 12.8. The van der Waals surface area contributed by atoms with Gasteiger partial charge < -0.3 is 9.64 Å². The number of rotatable bonds is 5. The summed E-state index contributed by atoms with van der Waals surface area (Å²) in [4.78, 5) is 17.0. The molecule has 1 aliphatic heterocycles. The molecular weight excluding hydrogens is 355 g/mol. The molecule has 0 bridgehead atoms. The van der Waals surface area contributed by atoms with Crippen molar-refractivity contribution in [3.63, 3.8) is 0 Å². The molecule has 1 fully saturated rings. The van der Waals surface area contributed by atoms with Gasteiger partial charge in [0.05, 0.1) is 0 Å². The van der Waals surface area contributed by atoms with E-state index in [9.17, 15) is 9.18 Å². The average molecular weight is 384 g/mol. The maximum atomic E-state index is 13.1. The highest BCUT2D eigenvalue weighted by molar-refractivity contribution is 5.78. The van der Waals surface area contributed by atoms with Crippen molar-refractivity contribution in [2.45, 2.75) is 46.3 Å². The number of amides is 1. The number of ether oxygens (including phenoxy) is 1. The Morgan fingerprint density at radius 1 is 1.04 bits per heavy atom. The number of benzene rings is 2. The van der Waals surface area contributed by atoms with Crippen LogP contribution in [-0.4, -0.2) is 47.5 Å². The van der Waals surface area contributed by atoms with Crippen LogP contribution in [0.3, 0.4) is 0 Å². The van der Waals surface area contributed by atoms with Crippen molar-refractivity contribution in [2.75, 3.05) is 19.7 Å². The van der Waals surface area contributed by atoms with E-state index in [1.807, 2.05) is 42.2 Å². The minimum absolute atomic E-state index is 0.0130. The molecule has 0 aromatic heterocycles. The number of carbonyl (C=O) groups excluding carboxylic acids is 1. The van der Waals surface area contributed by atoms with Crippen LogP contribution in [0.2, 0.25) is 0 Å². The quantitative estimate of drug-likeness (QED) is 0.783. The van der Waals surface area contributed by atoms with Gasteiger partial charge in [-0.1, -0.05) is 18.2 Å². The van der Waals surface area contributed by atoms with Gasteiger partial charge in [-0.3, -0.25) is 9.69 Å². The van der Waals surface area contributed by atoms with Gasteiger partial charge in [0.25, 0.3) is 5.91 Å². The van der Waals surface area contributed by atoms with Crippen molar-refractivity contribution in [3.05, 3.63) is 65.0 Å². The van der Waals surface area contributed by atoms with Gasteiger partial charge in [-0.2, -0.15) is 0 Å². The molecule has 2 aromatic carbocycles. The molecule has 4 nitrogen and oxygen atoms in total. The Morgan fingerprint density at radius 2 is 1.75 bits per heavy atom. The highest BCUT2D eigenvalue weighted by atomic mass is 19.1. The number of nitrogens with zero attached hydrogens (tertiary/aromatic N) is 2. The number of hydrogen-bond acceptors (Lipinski definition) is 3. The molecule has 0 spiro atoms. The Kier molecular flexibility index (Phi) is 6.35. The molecule has 5 heteroatoms. The lowest BCUT2D eigenvalue weighted by Crippen LogP contribution is -2.58. The highest BCUT2D eigenvalue weighted by Crippen LogP contribution is 2.20. The lowest BCUT2D eigenvalue weighted by atomic mass is 10.1. The summed E-state index contributed by atoms with van der Waals surface area (Å²) in [5.41, 5.74) is 3.44. The van der Waals surface area contributed by atoms with Gasteiger partial charge in [-0.05, 0) is 68.7 Å². The summed E-state index contributed by atoms with van der Waals surface area (Å²) in [7, 11) is 0.